The van der Waals surface area contributed by atoms with Crippen LogP contribution in [0.3, 0.4) is 0 Å². The Morgan fingerprint density at radius 2 is 2.29 bits per heavy atom. The highest BCUT2D eigenvalue weighted by atomic mass is 79.9. The molecule has 72 valence electrons. The van der Waals surface area contributed by atoms with Crippen LogP contribution in [0.2, 0.25) is 0 Å². The van der Waals surface area contributed by atoms with Gasteiger partial charge in [-0.3, -0.25) is 0 Å². The van der Waals surface area contributed by atoms with Crippen molar-refractivity contribution in [3.8, 4) is 0 Å². The summed E-state index contributed by atoms with van der Waals surface area (Å²) < 4.78 is -1.20. The van der Waals surface area contributed by atoms with Gasteiger partial charge in [0.05, 0.1) is 5.71 Å². The summed E-state index contributed by atoms with van der Waals surface area (Å²) in [6, 6.07) is 0. The lowest BCUT2D eigenvalue weighted by Gasteiger charge is -2.16. The zero-order valence-corrected chi connectivity index (χ0v) is 8.52. The van der Waals surface area contributed by atoms with E-state index in [1.54, 1.807) is 6.08 Å². The molecule has 0 aromatic heterocycles. The lowest BCUT2D eigenvalue weighted by Crippen LogP contribution is -2.18. The Hall–Kier alpha value is -1.20. The average Bonchev–Trinajstić information content (AvgIpc) is 2.45. The molecule has 5 heteroatoms. The summed E-state index contributed by atoms with van der Waals surface area (Å²) in [7, 11) is 0. The Kier molecular flexibility index (Phi) is 1.94. The molecule has 2 aliphatic rings. The second-order valence-electron chi connectivity index (χ2n) is 2.99. The van der Waals surface area contributed by atoms with Crippen molar-refractivity contribution in [2.45, 2.75) is 4.51 Å². The van der Waals surface area contributed by atoms with Gasteiger partial charge in [0, 0.05) is 5.57 Å². The van der Waals surface area contributed by atoms with E-state index < -0.39 is 10.5 Å². The van der Waals surface area contributed by atoms with Gasteiger partial charge in [0.1, 0.15) is 5.70 Å². The third-order valence-corrected chi connectivity index (χ3v) is 2.37. The number of rotatable bonds is 1. The monoisotopic (exact) mass is 255 g/mol. The molecule has 1 aliphatic heterocycles. The number of carboxylic acids is 1. The summed E-state index contributed by atoms with van der Waals surface area (Å²) in [4.78, 5) is 14.5. The molecule has 0 aromatic rings. The average molecular weight is 256 g/mol. The van der Waals surface area contributed by atoms with Crippen LogP contribution in [0.1, 0.15) is 0 Å². The topological polar surface area (TPSA) is 69.9 Å². The number of carbonyl (C=O) groups is 1. The highest BCUT2D eigenvalue weighted by molar-refractivity contribution is 9.10. The molecule has 1 aliphatic carbocycles. The van der Waals surface area contributed by atoms with E-state index in [-0.39, 0.29) is 5.70 Å². The van der Waals surface area contributed by atoms with Gasteiger partial charge in [-0.05, 0) is 40.2 Å². The zero-order valence-electron chi connectivity index (χ0n) is 6.94. The first-order valence-electron chi connectivity index (χ1n) is 3.85. The Bertz CT molecular complexity index is 429. The summed E-state index contributed by atoms with van der Waals surface area (Å²) in [5.74, 6) is -1.07. The third-order valence-electron chi connectivity index (χ3n) is 1.88. The van der Waals surface area contributed by atoms with Crippen LogP contribution >= 0.6 is 15.9 Å². The van der Waals surface area contributed by atoms with Gasteiger partial charge in [-0.2, -0.15) is 0 Å². The van der Waals surface area contributed by atoms with Gasteiger partial charge in [-0.25, -0.2) is 9.79 Å². The van der Waals surface area contributed by atoms with Crippen LogP contribution in [0, 0.1) is 0 Å². The van der Waals surface area contributed by atoms with E-state index in [0.29, 0.717) is 11.3 Å². The Balaban J connectivity index is 2.43. The van der Waals surface area contributed by atoms with Crippen molar-refractivity contribution >= 4 is 27.6 Å². The molecule has 0 radical (unpaired) electrons. The molecule has 2 rings (SSSR count). The van der Waals surface area contributed by atoms with Crippen LogP contribution in [-0.2, 0) is 4.79 Å². The van der Waals surface area contributed by atoms with Gasteiger partial charge in [-0.15, -0.1) is 0 Å². The Morgan fingerprint density at radius 1 is 1.57 bits per heavy atom. The number of allylic oxidation sites excluding steroid dienone is 3. The first kappa shape index (κ1) is 9.36. The third kappa shape index (κ3) is 1.56. The lowest BCUT2D eigenvalue weighted by atomic mass is 10.0. The van der Waals surface area contributed by atoms with Crippen molar-refractivity contribution in [2.24, 2.45) is 4.99 Å². The highest BCUT2D eigenvalue weighted by Crippen LogP contribution is 2.29. The van der Waals surface area contributed by atoms with E-state index >= 15 is 0 Å². The number of carboxylic acid groups (broad SMARTS) is 1. The van der Waals surface area contributed by atoms with Crippen LogP contribution < -0.4 is 0 Å². The molecule has 0 saturated carbocycles. The van der Waals surface area contributed by atoms with Gasteiger partial charge in [0.25, 0.3) is 0 Å². The Labute approximate surface area is 88.1 Å². The number of nitrogens with zero attached hydrogens (tertiary/aromatic N) is 1. The van der Waals surface area contributed by atoms with Gasteiger partial charge in [-0.1, -0.05) is 0 Å². The molecule has 1 heterocycles. The molecule has 4 nitrogen and oxygen atoms in total. The number of aliphatic hydroxyl groups is 1. The standard InChI is InChI=1S/C9H6BrNO3/c10-9(14)2-1-6-5(4-9)3-7(11-6)8(12)13/h1-4,14H,(H,12,13). The minimum Gasteiger partial charge on any atom is -0.477 e. The number of aliphatic carboxylic acids is 1. The number of alkyl halides is 1. The normalized spacial score (nSPS) is 29.1. The number of halogens is 1. The zero-order chi connectivity index (χ0) is 10.3. The first-order chi connectivity index (χ1) is 6.48. The molecule has 0 spiro atoms. The maximum atomic E-state index is 10.6. The summed E-state index contributed by atoms with van der Waals surface area (Å²) in [5, 5.41) is 18.3. The number of hydrogen-bond acceptors (Lipinski definition) is 3. The molecule has 2 N–H and O–H groups in total. The SMILES string of the molecule is O=C(O)C1=CC2=CC(O)(Br)C=CC2=N1. The van der Waals surface area contributed by atoms with E-state index in [1.165, 1.54) is 18.2 Å². The van der Waals surface area contributed by atoms with Crippen molar-refractivity contribution in [2.75, 3.05) is 0 Å². The summed E-state index contributed by atoms with van der Waals surface area (Å²) in [6.45, 7) is 0. The van der Waals surface area contributed by atoms with Crippen molar-refractivity contribution in [3.63, 3.8) is 0 Å². The fourth-order valence-corrected chi connectivity index (χ4v) is 1.65. The molecule has 1 atom stereocenters. The summed E-state index contributed by atoms with van der Waals surface area (Å²) >= 11 is 3.05. The van der Waals surface area contributed by atoms with Crippen LogP contribution in [0.4, 0.5) is 0 Å². The summed E-state index contributed by atoms with van der Waals surface area (Å²) in [5.41, 5.74) is 1.16. The van der Waals surface area contributed by atoms with Gasteiger partial charge < -0.3 is 10.2 Å². The maximum Gasteiger partial charge on any atom is 0.354 e. The van der Waals surface area contributed by atoms with Crippen molar-refractivity contribution in [3.05, 3.63) is 35.6 Å². The van der Waals surface area contributed by atoms with Gasteiger partial charge in [0.15, 0.2) is 4.51 Å². The van der Waals surface area contributed by atoms with Crippen molar-refractivity contribution < 1.29 is 15.0 Å². The largest absolute Gasteiger partial charge is 0.477 e. The van der Waals surface area contributed by atoms with Crippen molar-refractivity contribution in [1.82, 2.24) is 0 Å². The lowest BCUT2D eigenvalue weighted by molar-refractivity contribution is -0.132. The summed E-state index contributed by atoms with van der Waals surface area (Å²) in [6.07, 6.45) is 6.00. The fraction of sp³-hybridized carbons (Fsp3) is 0.111. The molecular formula is C9H6BrNO3. The van der Waals surface area contributed by atoms with Crippen molar-refractivity contribution in [1.29, 1.82) is 0 Å². The molecule has 0 bridgehead atoms. The smallest absolute Gasteiger partial charge is 0.354 e. The fourth-order valence-electron chi connectivity index (χ4n) is 1.27. The molecular weight excluding hydrogens is 250 g/mol. The van der Waals surface area contributed by atoms with Gasteiger partial charge >= 0.3 is 5.97 Å². The molecule has 0 saturated heterocycles. The van der Waals surface area contributed by atoms with Gasteiger partial charge in [0.2, 0.25) is 0 Å². The van der Waals surface area contributed by atoms with Crippen LogP contribution in [-0.4, -0.2) is 26.4 Å². The quantitative estimate of drug-likeness (QED) is 0.687. The minimum atomic E-state index is -1.20. The van der Waals surface area contributed by atoms with E-state index in [1.807, 2.05) is 0 Å². The minimum absolute atomic E-state index is 0.0129. The number of fused-ring (bicyclic) bond motifs is 1. The van der Waals surface area contributed by atoms with E-state index in [0.717, 1.165) is 0 Å². The molecule has 0 fully saturated rings. The predicted octanol–water partition coefficient (Wildman–Crippen LogP) is 0.989. The molecule has 14 heavy (non-hydrogen) atoms. The predicted molar refractivity (Wildman–Crippen MR) is 54.3 cm³/mol. The highest BCUT2D eigenvalue weighted by Gasteiger charge is 2.26. The van der Waals surface area contributed by atoms with E-state index in [4.69, 9.17) is 5.11 Å². The first-order valence-corrected chi connectivity index (χ1v) is 4.65. The molecule has 0 aromatic carbocycles. The number of hydrogen-bond donors (Lipinski definition) is 2. The second kappa shape index (κ2) is 2.90. The Morgan fingerprint density at radius 3 is 2.93 bits per heavy atom. The van der Waals surface area contributed by atoms with Crippen LogP contribution in [0.25, 0.3) is 0 Å². The van der Waals surface area contributed by atoms with E-state index in [2.05, 4.69) is 20.9 Å². The van der Waals surface area contributed by atoms with Crippen LogP contribution in [0.15, 0.2) is 40.6 Å². The van der Waals surface area contributed by atoms with E-state index in [9.17, 15) is 9.90 Å². The maximum absolute atomic E-state index is 10.6. The van der Waals surface area contributed by atoms with Crippen LogP contribution in [0.5, 0.6) is 0 Å². The second-order valence-corrected chi connectivity index (χ2v) is 4.26. The number of aliphatic imine (C=N–C) groups is 1. The molecule has 1 unspecified atom stereocenters. The molecule has 0 amide bonds.